The van der Waals surface area contributed by atoms with Crippen molar-refractivity contribution >= 4 is 34.2 Å². The number of amides is 2. The molecule has 1 heterocycles. The second-order valence-corrected chi connectivity index (χ2v) is 8.21. The van der Waals surface area contributed by atoms with E-state index in [0.29, 0.717) is 11.4 Å². The Morgan fingerprint density at radius 2 is 1.68 bits per heavy atom. The van der Waals surface area contributed by atoms with Crippen molar-refractivity contribution in [3.05, 3.63) is 77.9 Å². The molecule has 1 fully saturated rings. The van der Waals surface area contributed by atoms with Crippen molar-refractivity contribution in [2.24, 2.45) is 5.92 Å². The second kappa shape index (κ2) is 8.33. The zero-order valence-corrected chi connectivity index (χ0v) is 17.7. The molecular formula is C25H19F3N4O2. The largest absolute Gasteiger partial charge is 0.416 e. The van der Waals surface area contributed by atoms with E-state index >= 15 is 0 Å². The van der Waals surface area contributed by atoms with Crippen molar-refractivity contribution in [2.45, 2.75) is 19.0 Å². The summed E-state index contributed by atoms with van der Waals surface area (Å²) in [6, 6.07) is 16.8. The maximum absolute atomic E-state index is 12.9. The van der Waals surface area contributed by atoms with Crippen LogP contribution in [0.15, 0.2) is 66.7 Å². The molecule has 3 N–H and O–H groups in total. The highest BCUT2D eigenvalue weighted by molar-refractivity contribution is 6.05. The summed E-state index contributed by atoms with van der Waals surface area (Å²) < 4.78 is 38.8. The molecule has 1 saturated carbocycles. The van der Waals surface area contributed by atoms with Crippen LogP contribution in [-0.4, -0.2) is 22.0 Å². The van der Waals surface area contributed by atoms with Gasteiger partial charge in [-0.05, 0) is 66.4 Å². The van der Waals surface area contributed by atoms with Crippen LogP contribution in [0.3, 0.4) is 0 Å². The van der Waals surface area contributed by atoms with Crippen molar-refractivity contribution < 1.29 is 22.8 Å². The van der Waals surface area contributed by atoms with Crippen molar-refractivity contribution in [2.75, 3.05) is 10.6 Å². The fourth-order valence-electron chi connectivity index (χ4n) is 3.68. The first kappa shape index (κ1) is 21.7. The van der Waals surface area contributed by atoms with E-state index in [1.54, 1.807) is 18.2 Å². The van der Waals surface area contributed by atoms with Gasteiger partial charge in [-0.3, -0.25) is 14.7 Å². The van der Waals surface area contributed by atoms with Gasteiger partial charge in [-0.15, -0.1) is 0 Å². The van der Waals surface area contributed by atoms with Gasteiger partial charge in [-0.25, -0.2) is 0 Å². The average Bonchev–Trinajstić information content (AvgIpc) is 3.61. The minimum atomic E-state index is -4.49. The van der Waals surface area contributed by atoms with Gasteiger partial charge in [-0.1, -0.05) is 24.3 Å². The number of fused-ring (bicyclic) bond motifs is 1. The average molecular weight is 464 g/mol. The maximum atomic E-state index is 12.9. The number of anilines is 2. The van der Waals surface area contributed by atoms with Gasteiger partial charge >= 0.3 is 6.18 Å². The van der Waals surface area contributed by atoms with Crippen molar-refractivity contribution in [1.82, 2.24) is 10.2 Å². The molecule has 0 atom stereocenters. The van der Waals surface area contributed by atoms with Crippen LogP contribution in [-0.2, 0) is 11.0 Å². The van der Waals surface area contributed by atoms with E-state index in [2.05, 4.69) is 20.8 Å². The number of nitrogens with zero attached hydrogens (tertiary/aromatic N) is 1. The zero-order chi connectivity index (χ0) is 23.9. The number of H-pyrrole nitrogens is 1. The molecule has 2 amide bonds. The molecule has 0 saturated heterocycles. The highest BCUT2D eigenvalue weighted by Crippen LogP contribution is 2.33. The summed E-state index contributed by atoms with van der Waals surface area (Å²) in [5.74, 6) is -0.00524. The Hall–Kier alpha value is -4.14. The number of carbonyl (C=O) groups excluding carboxylic acids is 2. The molecule has 0 spiro atoms. The second-order valence-electron chi connectivity index (χ2n) is 8.21. The molecule has 5 rings (SSSR count). The first-order valence-electron chi connectivity index (χ1n) is 10.7. The molecule has 0 unspecified atom stereocenters. The summed E-state index contributed by atoms with van der Waals surface area (Å²) in [5.41, 5.74) is 1.81. The highest BCUT2D eigenvalue weighted by Gasteiger charge is 2.31. The quantitative estimate of drug-likeness (QED) is 0.346. The molecule has 0 aliphatic heterocycles. The Morgan fingerprint density at radius 1 is 0.912 bits per heavy atom. The molecular weight excluding hydrogens is 445 g/mol. The predicted octanol–water partition coefficient (Wildman–Crippen LogP) is 5.85. The van der Waals surface area contributed by atoms with Gasteiger partial charge in [0.15, 0.2) is 5.82 Å². The number of hydrogen-bond acceptors (Lipinski definition) is 3. The Balaban J connectivity index is 1.36. The summed E-state index contributed by atoms with van der Waals surface area (Å²) in [5, 5.41) is 13.2. The van der Waals surface area contributed by atoms with Crippen LogP contribution in [0.2, 0.25) is 0 Å². The first-order chi connectivity index (χ1) is 16.3. The van der Waals surface area contributed by atoms with E-state index in [1.165, 1.54) is 12.1 Å². The van der Waals surface area contributed by atoms with E-state index in [4.69, 9.17) is 0 Å². The summed E-state index contributed by atoms with van der Waals surface area (Å²) in [6.07, 6.45) is -2.70. The predicted molar refractivity (Wildman–Crippen MR) is 122 cm³/mol. The zero-order valence-electron chi connectivity index (χ0n) is 17.7. The van der Waals surface area contributed by atoms with Gasteiger partial charge in [0, 0.05) is 22.6 Å². The monoisotopic (exact) mass is 464 g/mol. The molecule has 3 aromatic carbocycles. The van der Waals surface area contributed by atoms with Crippen LogP contribution in [0.25, 0.3) is 22.0 Å². The first-order valence-corrected chi connectivity index (χ1v) is 10.7. The Labute approximate surface area is 192 Å². The SMILES string of the molecule is O=C(Nc1cccc(C(F)(F)F)c1)c1cccc(-c2ccc3c(NC(=O)C4CC4)n[nH]c3c2)c1. The van der Waals surface area contributed by atoms with Crippen LogP contribution in [0.1, 0.15) is 28.8 Å². The molecule has 6 nitrogen and oxygen atoms in total. The molecule has 172 valence electrons. The van der Waals surface area contributed by atoms with Crippen molar-refractivity contribution in [1.29, 1.82) is 0 Å². The maximum Gasteiger partial charge on any atom is 0.416 e. The van der Waals surface area contributed by atoms with Gasteiger partial charge in [0.05, 0.1) is 11.1 Å². The van der Waals surface area contributed by atoms with E-state index in [1.807, 2.05) is 24.3 Å². The van der Waals surface area contributed by atoms with Gasteiger partial charge in [0.1, 0.15) is 0 Å². The van der Waals surface area contributed by atoms with E-state index in [-0.39, 0.29) is 17.5 Å². The Morgan fingerprint density at radius 3 is 2.44 bits per heavy atom. The van der Waals surface area contributed by atoms with Gasteiger partial charge < -0.3 is 10.6 Å². The molecule has 34 heavy (non-hydrogen) atoms. The third kappa shape index (κ3) is 4.50. The number of carbonyl (C=O) groups is 2. The lowest BCUT2D eigenvalue weighted by atomic mass is 10.0. The number of rotatable bonds is 5. The fourth-order valence-corrected chi connectivity index (χ4v) is 3.68. The van der Waals surface area contributed by atoms with E-state index in [9.17, 15) is 22.8 Å². The van der Waals surface area contributed by atoms with Crippen LogP contribution >= 0.6 is 0 Å². The molecule has 1 aliphatic rings. The van der Waals surface area contributed by atoms with Crippen LogP contribution in [0.4, 0.5) is 24.7 Å². The molecule has 4 aromatic rings. The molecule has 9 heteroatoms. The molecule has 0 radical (unpaired) electrons. The number of halogens is 3. The number of alkyl halides is 3. The van der Waals surface area contributed by atoms with E-state index in [0.717, 1.165) is 47.0 Å². The van der Waals surface area contributed by atoms with Gasteiger partial charge in [-0.2, -0.15) is 18.3 Å². The minimum Gasteiger partial charge on any atom is -0.322 e. The summed E-state index contributed by atoms with van der Waals surface area (Å²) in [4.78, 5) is 24.7. The molecule has 0 bridgehead atoms. The summed E-state index contributed by atoms with van der Waals surface area (Å²) >= 11 is 0. The molecule has 1 aliphatic carbocycles. The standard InChI is InChI=1S/C25H19F3N4O2/c26-25(27,28)18-5-2-6-19(13-18)29-24(34)17-4-1-3-15(11-17)16-9-10-20-21(12-16)31-32-22(20)30-23(33)14-7-8-14/h1-6,9-14H,7-8H2,(H,29,34)(H2,30,31,32,33). The normalized spacial score (nSPS) is 13.6. The number of aromatic nitrogens is 2. The lowest BCUT2D eigenvalue weighted by molar-refractivity contribution is -0.137. The van der Waals surface area contributed by atoms with Crippen LogP contribution < -0.4 is 10.6 Å². The van der Waals surface area contributed by atoms with Crippen LogP contribution in [0.5, 0.6) is 0 Å². The van der Waals surface area contributed by atoms with Crippen LogP contribution in [0, 0.1) is 5.92 Å². The highest BCUT2D eigenvalue weighted by atomic mass is 19.4. The number of aromatic amines is 1. The third-order valence-corrected chi connectivity index (χ3v) is 5.66. The lowest BCUT2D eigenvalue weighted by Gasteiger charge is -2.10. The number of hydrogen-bond donors (Lipinski definition) is 3. The van der Waals surface area contributed by atoms with Crippen molar-refractivity contribution in [3.8, 4) is 11.1 Å². The molecule has 1 aromatic heterocycles. The fraction of sp³-hybridized carbons (Fsp3) is 0.160. The van der Waals surface area contributed by atoms with Gasteiger partial charge in [0.2, 0.25) is 5.91 Å². The topological polar surface area (TPSA) is 86.9 Å². The van der Waals surface area contributed by atoms with E-state index < -0.39 is 17.6 Å². The Bertz CT molecular complexity index is 1410. The lowest BCUT2D eigenvalue weighted by Crippen LogP contribution is -2.13. The number of nitrogens with one attached hydrogen (secondary N) is 3. The summed E-state index contributed by atoms with van der Waals surface area (Å²) in [7, 11) is 0. The van der Waals surface area contributed by atoms with Gasteiger partial charge in [0.25, 0.3) is 5.91 Å². The third-order valence-electron chi connectivity index (χ3n) is 5.66. The van der Waals surface area contributed by atoms with Crippen molar-refractivity contribution in [3.63, 3.8) is 0 Å². The minimum absolute atomic E-state index is 0.0306. The summed E-state index contributed by atoms with van der Waals surface area (Å²) in [6.45, 7) is 0. The number of benzene rings is 3. The Kier molecular flexibility index (Phi) is 5.31. The smallest absolute Gasteiger partial charge is 0.322 e.